The SMILES string of the molecule is CC(C)C(=O)OCC(C)(C)COC(=O)CCC(=O)O. The van der Waals surface area contributed by atoms with Gasteiger partial charge < -0.3 is 14.6 Å². The van der Waals surface area contributed by atoms with Gasteiger partial charge in [-0.15, -0.1) is 0 Å². The number of ether oxygens (including phenoxy) is 2. The summed E-state index contributed by atoms with van der Waals surface area (Å²) in [6, 6.07) is 0. The zero-order valence-electron chi connectivity index (χ0n) is 11.9. The van der Waals surface area contributed by atoms with Crippen molar-refractivity contribution >= 4 is 17.9 Å². The predicted octanol–water partition coefficient (Wildman–Crippen LogP) is 1.62. The molecule has 0 amide bonds. The molecule has 110 valence electrons. The summed E-state index contributed by atoms with van der Waals surface area (Å²) in [5.41, 5.74) is -0.497. The van der Waals surface area contributed by atoms with Crippen molar-refractivity contribution in [3.8, 4) is 0 Å². The average Bonchev–Trinajstić information content (AvgIpc) is 2.30. The molecule has 0 aliphatic rings. The van der Waals surface area contributed by atoms with Crippen LogP contribution in [0.3, 0.4) is 0 Å². The Morgan fingerprint density at radius 1 is 1.05 bits per heavy atom. The quantitative estimate of drug-likeness (QED) is 0.676. The molecule has 0 aromatic rings. The zero-order valence-corrected chi connectivity index (χ0v) is 11.9. The van der Waals surface area contributed by atoms with Crippen molar-refractivity contribution < 1.29 is 29.0 Å². The molecule has 19 heavy (non-hydrogen) atoms. The van der Waals surface area contributed by atoms with Crippen LogP contribution >= 0.6 is 0 Å². The molecule has 0 aromatic carbocycles. The van der Waals surface area contributed by atoms with E-state index in [-0.39, 0.29) is 37.9 Å². The second kappa shape index (κ2) is 7.76. The van der Waals surface area contributed by atoms with Crippen LogP contribution in [-0.4, -0.2) is 36.2 Å². The highest BCUT2D eigenvalue weighted by Gasteiger charge is 2.23. The number of esters is 2. The summed E-state index contributed by atoms with van der Waals surface area (Å²) in [6.45, 7) is 7.30. The Balaban J connectivity index is 3.99. The number of hydrogen-bond donors (Lipinski definition) is 1. The van der Waals surface area contributed by atoms with Crippen LogP contribution in [0.2, 0.25) is 0 Å². The molecular weight excluding hydrogens is 252 g/mol. The Hall–Kier alpha value is -1.59. The van der Waals surface area contributed by atoms with Crippen molar-refractivity contribution in [1.29, 1.82) is 0 Å². The van der Waals surface area contributed by atoms with E-state index in [0.29, 0.717) is 0 Å². The molecule has 0 spiro atoms. The molecule has 0 aliphatic heterocycles. The average molecular weight is 274 g/mol. The van der Waals surface area contributed by atoms with Crippen LogP contribution in [0, 0.1) is 11.3 Å². The van der Waals surface area contributed by atoms with E-state index in [9.17, 15) is 14.4 Å². The molecule has 0 radical (unpaired) electrons. The molecule has 0 rings (SSSR count). The molecule has 0 atom stereocenters. The third-order valence-electron chi connectivity index (χ3n) is 2.24. The fourth-order valence-corrected chi connectivity index (χ4v) is 1.03. The second-order valence-electron chi connectivity index (χ2n) is 5.48. The normalized spacial score (nSPS) is 11.2. The predicted molar refractivity (Wildman–Crippen MR) is 67.4 cm³/mol. The van der Waals surface area contributed by atoms with Crippen molar-refractivity contribution in [2.24, 2.45) is 11.3 Å². The first kappa shape index (κ1) is 17.4. The molecule has 0 saturated heterocycles. The van der Waals surface area contributed by atoms with Crippen LogP contribution in [0.4, 0.5) is 0 Å². The fraction of sp³-hybridized carbons (Fsp3) is 0.769. The molecule has 0 unspecified atom stereocenters. The summed E-state index contributed by atoms with van der Waals surface area (Å²) >= 11 is 0. The lowest BCUT2D eigenvalue weighted by atomic mass is 9.96. The smallest absolute Gasteiger partial charge is 0.308 e. The minimum atomic E-state index is -1.04. The van der Waals surface area contributed by atoms with Gasteiger partial charge in [-0.3, -0.25) is 14.4 Å². The second-order valence-corrected chi connectivity index (χ2v) is 5.48. The van der Waals surface area contributed by atoms with Gasteiger partial charge in [0.15, 0.2) is 0 Å². The van der Waals surface area contributed by atoms with Gasteiger partial charge in [0.25, 0.3) is 0 Å². The van der Waals surface area contributed by atoms with E-state index in [2.05, 4.69) is 0 Å². The maximum atomic E-state index is 11.3. The van der Waals surface area contributed by atoms with E-state index < -0.39 is 17.4 Å². The lowest BCUT2D eigenvalue weighted by Gasteiger charge is -2.24. The highest BCUT2D eigenvalue weighted by molar-refractivity contribution is 5.76. The summed E-state index contributed by atoms with van der Waals surface area (Å²) in [5.74, 6) is -2.10. The van der Waals surface area contributed by atoms with Gasteiger partial charge in [0.2, 0.25) is 0 Å². The largest absolute Gasteiger partial charge is 0.481 e. The maximum absolute atomic E-state index is 11.3. The van der Waals surface area contributed by atoms with Crippen LogP contribution in [0.25, 0.3) is 0 Å². The monoisotopic (exact) mass is 274 g/mol. The van der Waals surface area contributed by atoms with Crippen molar-refractivity contribution in [3.05, 3.63) is 0 Å². The number of aliphatic carboxylic acids is 1. The minimum Gasteiger partial charge on any atom is -0.481 e. The van der Waals surface area contributed by atoms with Crippen molar-refractivity contribution in [2.75, 3.05) is 13.2 Å². The number of carboxylic acids is 1. The van der Waals surface area contributed by atoms with E-state index in [1.54, 1.807) is 27.7 Å². The molecule has 0 fully saturated rings. The van der Waals surface area contributed by atoms with E-state index in [1.807, 2.05) is 0 Å². The van der Waals surface area contributed by atoms with Gasteiger partial charge in [-0.2, -0.15) is 0 Å². The van der Waals surface area contributed by atoms with Gasteiger partial charge in [-0.05, 0) is 0 Å². The highest BCUT2D eigenvalue weighted by Crippen LogP contribution is 2.17. The number of carboxylic acid groups (broad SMARTS) is 1. The number of rotatable bonds is 8. The summed E-state index contributed by atoms with van der Waals surface area (Å²) in [4.78, 5) is 32.8. The molecule has 1 N–H and O–H groups in total. The standard InChI is InChI=1S/C13H22O6/c1-9(2)12(17)19-8-13(3,4)7-18-11(16)6-5-10(14)15/h9H,5-8H2,1-4H3,(H,14,15). The zero-order chi connectivity index (χ0) is 15.1. The van der Waals surface area contributed by atoms with Crippen LogP contribution < -0.4 is 0 Å². The molecule has 0 bridgehead atoms. The lowest BCUT2D eigenvalue weighted by molar-refractivity contribution is -0.156. The number of hydrogen-bond acceptors (Lipinski definition) is 5. The van der Waals surface area contributed by atoms with E-state index in [4.69, 9.17) is 14.6 Å². The van der Waals surface area contributed by atoms with Crippen molar-refractivity contribution in [3.63, 3.8) is 0 Å². The van der Waals surface area contributed by atoms with Crippen LogP contribution in [0.15, 0.2) is 0 Å². The van der Waals surface area contributed by atoms with Gasteiger partial charge in [0, 0.05) is 5.41 Å². The van der Waals surface area contributed by atoms with E-state index in [1.165, 1.54) is 0 Å². The van der Waals surface area contributed by atoms with Crippen molar-refractivity contribution in [1.82, 2.24) is 0 Å². The first-order valence-electron chi connectivity index (χ1n) is 6.18. The molecular formula is C13H22O6. The van der Waals surface area contributed by atoms with Crippen molar-refractivity contribution in [2.45, 2.75) is 40.5 Å². The third kappa shape index (κ3) is 9.04. The van der Waals surface area contributed by atoms with E-state index >= 15 is 0 Å². The summed E-state index contributed by atoms with van der Waals surface area (Å²) in [7, 11) is 0. The summed E-state index contributed by atoms with van der Waals surface area (Å²) in [6.07, 6.45) is -0.404. The van der Waals surface area contributed by atoms with Gasteiger partial charge in [0.05, 0.1) is 32.0 Å². The third-order valence-corrected chi connectivity index (χ3v) is 2.24. The number of carbonyl (C=O) groups excluding carboxylic acids is 2. The molecule has 6 nitrogen and oxygen atoms in total. The van der Waals surface area contributed by atoms with Gasteiger partial charge in [-0.1, -0.05) is 27.7 Å². The van der Waals surface area contributed by atoms with Crippen LogP contribution in [0.5, 0.6) is 0 Å². The first-order valence-corrected chi connectivity index (χ1v) is 6.18. The topological polar surface area (TPSA) is 89.9 Å². The Bertz CT molecular complexity index is 332. The lowest BCUT2D eigenvalue weighted by Crippen LogP contribution is -2.29. The summed E-state index contributed by atoms with van der Waals surface area (Å²) < 4.78 is 10.0. The fourth-order valence-electron chi connectivity index (χ4n) is 1.03. The van der Waals surface area contributed by atoms with E-state index in [0.717, 1.165) is 0 Å². The Morgan fingerprint density at radius 2 is 1.58 bits per heavy atom. The van der Waals surface area contributed by atoms with Crippen LogP contribution in [-0.2, 0) is 23.9 Å². The Morgan fingerprint density at radius 3 is 2.05 bits per heavy atom. The minimum absolute atomic E-state index is 0.0802. The Labute approximate surface area is 113 Å². The summed E-state index contributed by atoms with van der Waals surface area (Å²) in [5, 5.41) is 8.42. The first-order chi connectivity index (χ1) is 8.64. The maximum Gasteiger partial charge on any atom is 0.308 e. The molecule has 0 saturated carbocycles. The van der Waals surface area contributed by atoms with Gasteiger partial charge in [-0.25, -0.2) is 0 Å². The molecule has 6 heteroatoms. The number of carbonyl (C=O) groups is 3. The molecule has 0 aromatic heterocycles. The molecule has 0 heterocycles. The highest BCUT2D eigenvalue weighted by atomic mass is 16.5. The van der Waals surface area contributed by atoms with Crippen LogP contribution in [0.1, 0.15) is 40.5 Å². The van der Waals surface area contributed by atoms with Gasteiger partial charge in [0.1, 0.15) is 0 Å². The Kier molecular flexibility index (Phi) is 7.11. The van der Waals surface area contributed by atoms with Gasteiger partial charge >= 0.3 is 17.9 Å². The molecule has 0 aliphatic carbocycles.